The van der Waals surface area contributed by atoms with Crippen LogP contribution >= 0.6 is 11.6 Å². The van der Waals surface area contributed by atoms with Crippen LogP contribution in [-0.4, -0.2) is 38.9 Å². The van der Waals surface area contributed by atoms with Crippen LogP contribution in [0.1, 0.15) is 36.7 Å². The summed E-state index contributed by atoms with van der Waals surface area (Å²) in [5.74, 6) is -0.611. The van der Waals surface area contributed by atoms with Crippen molar-refractivity contribution in [3.8, 4) is 0 Å². The quantitative estimate of drug-likeness (QED) is 0.536. The van der Waals surface area contributed by atoms with Crippen molar-refractivity contribution >= 4 is 33.4 Å². The standard InChI is InChI=1S/C21H26ClN3O4S/c1-21(2,3)25-30(28,29)18-14-16(9-10-17(18)22)20(27)24-12-11-23-19(26)13-15-7-5-4-6-8-15/h4-10,14,25H,11-13H2,1-3H3,(H,23,26)(H,24,27). The Balaban J connectivity index is 1.92. The van der Waals surface area contributed by atoms with Crippen LogP contribution in [0.5, 0.6) is 0 Å². The lowest BCUT2D eigenvalue weighted by Crippen LogP contribution is -2.40. The van der Waals surface area contributed by atoms with E-state index in [2.05, 4.69) is 15.4 Å². The lowest BCUT2D eigenvalue weighted by atomic mass is 10.1. The number of nitrogens with one attached hydrogen (secondary N) is 3. The van der Waals surface area contributed by atoms with Gasteiger partial charge in [-0.05, 0) is 44.5 Å². The van der Waals surface area contributed by atoms with Crippen molar-refractivity contribution in [2.24, 2.45) is 0 Å². The summed E-state index contributed by atoms with van der Waals surface area (Å²) in [6.45, 7) is 5.58. The molecule has 0 heterocycles. The Morgan fingerprint density at radius 3 is 2.23 bits per heavy atom. The minimum absolute atomic E-state index is 0.0245. The predicted molar refractivity (Wildman–Crippen MR) is 117 cm³/mol. The number of benzene rings is 2. The molecule has 162 valence electrons. The van der Waals surface area contributed by atoms with E-state index in [1.54, 1.807) is 20.8 Å². The molecule has 0 saturated heterocycles. The third-order valence-corrected chi connectivity index (χ3v) is 6.10. The van der Waals surface area contributed by atoms with Crippen LogP contribution in [-0.2, 0) is 21.2 Å². The van der Waals surface area contributed by atoms with Gasteiger partial charge in [0.2, 0.25) is 15.9 Å². The molecule has 2 rings (SSSR count). The molecule has 0 aliphatic rings. The Bertz CT molecular complexity index is 1000. The second-order valence-electron chi connectivity index (χ2n) is 7.77. The maximum atomic E-state index is 12.6. The highest BCUT2D eigenvalue weighted by Crippen LogP contribution is 2.24. The number of rotatable bonds is 8. The fourth-order valence-electron chi connectivity index (χ4n) is 2.63. The lowest BCUT2D eigenvalue weighted by molar-refractivity contribution is -0.120. The van der Waals surface area contributed by atoms with Gasteiger partial charge in [-0.25, -0.2) is 13.1 Å². The van der Waals surface area contributed by atoms with E-state index in [9.17, 15) is 18.0 Å². The van der Waals surface area contributed by atoms with E-state index in [0.717, 1.165) is 5.56 Å². The van der Waals surface area contributed by atoms with Gasteiger partial charge in [0.25, 0.3) is 5.91 Å². The monoisotopic (exact) mass is 451 g/mol. The van der Waals surface area contributed by atoms with E-state index >= 15 is 0 Å². The molecule has 0 bridgehead atoms. The normalized spacial score (nSPS) is 11.7. The van der Waals surface area contributed by atoms with Crippen molar-refractivity contribution < 1.29 is 18.0 Å². The van der Waals surface area contributed by atoms with Gasteiger partial charge in [-0.1, -0.05) is 41.9 Å². The van der Waals surface area contributed by atoms with Crippen molar-refractivity contribution in [3.05, 3.63) is 64.7 Å². The highest BCUT2D eigenvalue weighted by atomic mass is 35.5. The van der Waals surface area contributed by atoms with Gasteiger partial charge in [0, 0.05) is 24.2 Å². The first-order valence-corrected chi connectivity index (χ1v) is 11.3. The second kappa shape index (κ2) is 10.1. The number of hydrogen-bond donors (Lipinski definition) is 3. The van der Waals surface area contributed by atoms with Crippen LogP contribution in [0.2, 0.25) is 5.02 Å². The van der Waals surface area contributed by atoms with Gasteiger partial charge in [-0.15, -0.1) is 0 Å². The summed E-state index contributed by atoms with van der Waals surface area (Å²) >= 11 is 6.04. The predicted octanol–water partition coefficient (Wildman–Crippen LogP) is 2.51. The first-order valence-electron chi connectivity index (χ1n) is 9.40. The molecule has 0 aromatic heterocycles. The lowest BCUT2D eigenvalue weighted by Gasteiger charge is -2.21. The molecule has 9 heteroatoms. The zero-order valence-electron chi connectivity index (χ0n) is 17.2. The molecule has 0 saturated carbocycles. The zero-order chi connectivity index (χ0) is 22.4. The second-order valence-corrected chi connectivity index (χ2v) is 9.83. The molecule has 2 aromatic carbocycles. The van der Waals surface area contributed by atoms with Gasteiger partial charge in [0.05, 0.1) is 11.4 Å². The molecule has 7 nitrogen and oxygen atoms in total. The number of amides is 2. The van der Waals surface area contributed by atoms with Crippen LogP contribution in [0.25, 0.3) is 0 Å². The molecule has 2 amide bonds. The fourth-order valence-corrected chi connectivity index (χ4v) is 4.58. The number of hydrogen-bond acceptors (Lipinski definition) is 4. The van der Waals surface area contributed by atoms with Gasteiger partial charge in [0.1, 0.15) is 4.90 Å². The van der Waals surface area contributed by atoms with Crippen LogP contribution in [0.15, 0.2) is 53.4 Å². The number of sulfonamides is 1. The number of carbonyl (C=O) groups excluding carboxylic acids is 2. The van der Waals surface area contributed by atoms with Crippen LogP contribution < -0.4 is 15.4 Å². The average molecular weight is 452 g/mol. The first-order chi connectivity index (χ1) is 14.0. The first kappa shape index (κ1) is 23.9. The fraction of sp³-hybridized carbons (Fsp3) is 0.333. The van der Waals surface area contributed by atoms with E-state index < -0.39 is 21.5 Å². The molecule has 0 aliphatic heterocycles. The summed E-state index contributed by atoms with van der Waals surface area (Å²) in [6.07, 6.45) is 0.258. The number of carbonyl (C=O) groups is 2. The van der Waals surface area contributed by atoms with E-state index in [0.29, 0.717) is 0 Å². The van der Waals surface area contributed by atoms with Crippen LogP contribution in [0.4, 0.5) is 0 Å². The topological polar surface area (TPSA) is 104 Å². The van der Waals surface area contributed by atoms with Gasteiger partial charge in [-0.3, -0.25) is 9.59 Å². The zero-order valence-corrected chi connectivity index (χ0v) is 18.7. The maximum absolute atomic E-state index is 12.6. The smallest absolute Gasteiger partial charge is 0.251 e. The highest BCUT2D eigenvalue weighted by molar-refractivity contribution is 7.89. The van der Waals surface area contributed by atoms with Gasteiger partial charge in [-0.2, -0.15) is 0 Å². The summed E-state index contributed by atoms with van der Waals surface area (Å²) in [5, 5.41) is 5.40. The molecule has 0 atom stereocenters. The molecule has 0 fully saturated rings. The third-order valence-electron chi connectivity index (χ3n) is 3.86. The third kappa shape index (κ3) is 7.44. The molecule has 0 aliphatic carbocycles. The van der Waals surface area contributed by atoms with Gasteiger partial charge in [0.15, 0.2) is 0 Å². The molecular weight excluding hydrogens is 426 g/mol. The Hall–Kier alpha value is -2.42. The Labute approximate surface area is 182 Å². The van der Waals surface area contributed by atoms with Crippen molar-refractivity contribution in [1.82, 2.24) is 15.4 Å². The van der Waals surface area contributed by atoms with E-state index in [4.69, 9.17) is 11.6 Å². The van der Waals surface area contributed by atoms with E-state index in [-0.39, 0.29) is 40.9 Å². The summed E-state index contributed by atoms with van der Waals surface area (Å²) in [5.41, 5.74) is 0.361. The maximum Gasteiger partial charge on any atom is 0.251 e. The molecular formula is C21H26ClN3O4S. The molecule has 0 unspecified atom stereocenters. The van der Waals surface area contributed by atoms with Crippen molar-refractivity contribution in [3.63, 3.8) is 0 Å². The minimum atomic E-state index is -3.89. The van der Waals surface area contributed by atoms with Crippen LogP contribution in [0, 0.1) is 0 Å². The summed E-state index contributed by atoms with van der Waals surface area (Å²) in [6, 6.07) is 13.4. The summed E-state index contributed by atoms with van der Waals surface area (Å²) in [7, 11) is -3.89. The van der Waals surface area contributed by atoms with E-state index in [1.165, 1.54) is 18.2 Å². The minimum Gasteiger partial charge on any atom is -0.354 e. The van der Waals surface area contributed by atoms with Crippen molar-refractivity contribution in [2.75, 3.05) is 13.1 Å². The van der Waals surface area contributed by atoms with E-state index in [1.807, 2.05) is 30.3 Å². The molecule has 0 radical (unpaired) electrons. The SMILES string of the molecule is CC(C)(C)NS(=O)(=O)c1cc(C(=O)NCCNC(=O)Cc2ccccc2)ccc1Cl. The van der Waals surface area contributed by atoms with Crippen molar-refractivity contribution in [2.45, 2.75) is 37.6 Å². The van der Waals surface area contributed by atoms with Crippen LogP contribution in [0.3, 0.4) is 0 Å². The molecule has 2 aromatic rings. The van der Waals surface area contributed by atoms with Gasteiger partial charge >= 0.3 is 0 Å². The average Bonchev–Trinajstić information content (AvgIpc) is 2.64. The van der Waals surface area contributed by atoms with Crippen molar-refractivity contribution in [1.29, 1.82) is 0 Å². The summed E-state index contributed by atoms with van der Waals surface area (Å²) in [4.78, 5) is 24.1. The molecule has 30 heavy (non-hydrogen) atoms. The largest absolute Gasteiger partial charge is 0.354 e. The Morgan fingerprint density at radius 1 is 0.967 bits per heavy atom. The number of halogens is 1. The summed E-state index contributed by atoms with van der Waals surface area (Å²) < 4.78 is 27.6. The molecule has 0 spiro atoms. The highest BCUT2D eigenvalue weighted by Gasteiger charge is 2.25. The Morgan fingerprint density at radius 2 is 1.60 bits per heavy atom. The van der Waals surface area contributed by atoms with Gasteiger partial charge < -0.3 is 10.6 Å². The molecule has 3 N–H and O–H groups in total. The Kier molecular flexibility index (Phi) is 8.00.